The summed E-state index contributed by atoms with van der Waals surface area (Å²) in [6.45, 7) is 4.24. The zero-order valence-electron chi connectivity index (χ0n) is 11.8. The Bertz CT molecular complexity index is 643. The predicted octanol–water partition coefficient (Wildman–Crippen LogP) is 3.27. The molecule has 1 aromatic heterocycles. The van der Waals surface area contributed by atoms with Crippen molar-refractivity contribution in [2.24, 2.45) is 0 Å². The number of benzene rings is 1. The number of hydrogen-bond donors (Lipinski definition) is 1. The van der Waals surface area contributed by atoms with Crippen LogP contribution in [0.25, 0.3) is 0 Å². The topological polar surface area (TPSA) is 104 Å². The number of nitrogen functional groups attached to an aromatic ring is 1. The lowest BCUT2D eigenvalue weighted by atomic mass is 9.99. The van der Waals surface area contributed by atoms with Crippen LogP contribution in [-0.4, -0.2) is 14.9 Å². The summed E-state index contributed by atoms with van der Waals surface area (Å²) in [6.07, 6.45) is 2.17. The molecule has 0 fully saturated rings. The summed E-state index contributed by atoms with van der Waals surface area (Å²) in [5.41, 5.74) is 6.24. The summed E-state index contributed by atoms with van der Waals surface area (Å²) in [6, 6.07) is 7.37. The molecule has 0 radical (unpaired) electrons. The van der Waals surface area contributed by atoms with Crippen LogP contribution in [0.2, 0.25) is 0 Å². The van der Waals surface area contributed by atoms with E-state index in [2.05, 4.69) is 23.8 Å². The summed E-state index contributed by atoms with van der Waals surface area (Å²) in [7, 11) is 0. The second-order valence-corrected chi connectivity index (χ2v) is 4.65. The molecule has 0 bridgehead atoms. The van der Waals surface area contributed by atoms with Gasteiger partial charge in [-0.3, -0.25) is 10.1 Å². The van der Waals surface area contributed by atoms with E-state index in [9.17, 15) is 10.1 Å². The van der Waals surface area contributed by atoms with E-state index in [1.165, 1.54) is 5.56 Å². The molecule has 0 amide bonds. The first-order valence-electron chi connectivity index (χ1n) is 6.55. The number of hydrogen-bond acceptors (Lipinski definition) is 6. The number of anilines is 1. The van der Waals surface area contributed by atoms with Crippen molar-refractivity contribution in [2.75, 3.05) is 5.73 Å². The summed E-state index contributed by atoms with van der Waals surface area (Å²) in [4.78, 5) is 17.7. The van der Waals surface area contributed by atoms with Crippen LogP contribution in [0, 0.1) is 10.1 Å². The first-order chi connectivity index (χ1) is 10.0. The fraction of sp³-hybridized carbons (Fsp3) is 0.286. The number of nitro groups is 1. The highest BCUT2D eigenvalue weighted by Gasteiger charge is 2.23. The van der Waals surface area contributed by atoms with E-state index >= 15 is 0 Å². The van der Waals surface area contributed by atoms with Gasteiger partial charge in [-0.05, 0) is 30.0 Å². The molecule has 1 atom stereocenters. The van der Waals surface area contributed by atoms with Crippen LogP contribution in [0.1, 0.15) is 31.7 Å². The largest absolute Gasteiger partial charge is 0.434 e. The highest BCUT2D eigenvalue weighted by molar-refractivity contribution is 5.58. The van der Waals surface area contributed by atoms with Crippen LogP contribution in [-0.2, 0) is 0 Å². The molecule has 7 heteroatoms. The molecule has 0 aliphatic rings. The van der Waals surface area contributed by atoms with Crippen LogP contribution in [0.3, 0.4) is 0 Å². The number of aromatic nitrogens is 2. The van der Waals surface area contributed by atoms with E-state index < -0.39 is 10.6 Å². The smallest absolute Gasteiger partial charge is 0.372 e. The molecule has 1 heterocycles. The molecule has 0 aliphatic carbocycles. The lowest BCUT2D eigenvalue weighted by Crippen LogP contribution is -2.02. The van der Waals surface area contributed by atoms with E-state index in [-0.39, 0.29) is 11.7 Å². The number of rotatable bonds is 5. The number of ether oxygens (including phenoxy) is 1. The number of nitrogens with zero attached hydrogens (tertiary/aromatic N) is 3. The first kappa shape index (κ1) is 14.7. The monoisotopic (exact) mass is 288 g/mol. The Morgan fingerprint density at radius 3 is 2.57 bits per heavy atom. The molecule has 0 spiro atoms. The minimum atomic E-state index is -0.655. The Morgan fingerprint density at radius 1 is 1.33 bits per heavy atom. The van der Waals surface area contributed by atoms with Gasteiger partial charge in [0.05, 0.1) is 4.92 Å². The zero-order valence-corrected chi connectivity index (χ0v) is 11.8. The molecule has 21 heavy (non-hydrogen) atoms. The Kier molecular flexibility index (Phi) is 4.32. The van der Waals surface area contributed by atoms with Crippen LogP contribution < -0.4 is 10.5 Å². The lowest BCUT2D eigenvalue weighted by molar-refractivity contribution is -0.385. The van der Waals surface area contributed by atoms with Gasteiger partial charge in [-0.15, -0.1) is 0 Å². The molecule has 0 saturated carbocycles. The van der Waals surface area contributed by atoms with E-state index in [1.54, 1.807) is 12.1 Å². The molecule has 0 saturated heterocycles. The van der Waals surface area contributed by atoms with Gasteiger partial charge in [0.25, 0.3) is 0 Å². The minimum absolute atomic E-state index is 0.163. The SMILES string of the molecule is CCC(C)c1ccc(Oc2ncnc(N)c2[N+](=O)[O-])cc1. The average Bonchev–Trinajstić information content (AvgIpc) is 2.47. The molecular weight excluding hydrogens is 272 g/mol. The summed E-state index contributed by atoms with van der Waals surface area (Å²) in [5, 5.41) is 11.0. The van der Waals surface area contributed by atoms with E-state index in [1.807, 2.05) is 12.1 Å². The van der Waals surface area contributed by atoms with E-state index in [0.717, 1.165) is 12.7 Å². The highest BCUT2D eigenvalue weighted by atomic mass is 16.6. The number of nitrogens with two attached hydrogens (primary N) is 1. The van der Waals surface area contributed by atoms with Crippen molar-refractivity contribution >= 4 is 11.5 Å². The molecule has 2 rings (SSSR count). The van der Waals surface area contributed by atoms with Crippen molar-refractivity contribution in [2.45, 2.75) is 26.2 Å². The van der Waals surface area contributed by atoms with Gasteiger partial charge in [-0.25, -0.2) is 4.98 Å². The molecule has 7 nitrogen and oxygen atoms in total. The maximum Gasteiger partial charge on any atom is 0.372 e. The van der Waals surface area contributed by atoms with Crippen molar-refractivity contribution in [3.8, 4) is 11.6 Å². The maximum atomic E-state index is 11.0. The second kappa shape index (κ2) is 6.17. The third kappa shape index (κ3) is 3.25. The molecular formula is C14H16N4O3. The van der Waals surface area contributed by atoms with Gasteiger partial charge in [-0.2, -0.15) is 4.98 Å². The Balaban J connectivity index is 2.27. The molecule has 2 N–H and O–H groups in total. The molecule has 0 aliphatic heterocycles. The van der Waals surface area contributed by atoms with Crippen LogP contribution in [0.5, 0.6) is 11.6 Å². The van der Waals surface area contributed by atoms with Gasteiger partial charge in [0.2, 0.25) is 5.82 Å². The van der Waals surface area contributed by atoms with Gasteiger partial charge < -0.3 is 10.5 Å². The maximum absolute atomic E-state index is 11.0. The van der Waals surface area contributed by atoms with Gasteiger partial charge in [-0.1, -0.05) is 26.0 Å². The average molecular weight is 288 g/mol. The minimum Gasteiger partial charge on any atom is -0.434 e. The van der Waals surface area contributed by atoms with Crippen molar-refractivity contribution in [1.82, 2.24) is 9.97 Å². The van der Waals surface area contributed by atoms with Crippen LogP contribution in [0.15, 0.2) is 30.6 Å². The Labute approximate surface area is 121 Å². The molecule has 2 aromatic rings. The third-order valence-electron chi connectivity index (χ3n) is 3.28. The van der Waals surface area contributed by atoms with E-state index in [4.69, 9.17) is 10.5 Å². The standard InChI is InChI=1S/C14H16N4O3/c1-3-9(2)10-4-6-11(7-5-10)21-14-12(18(19)20)13(15)16-8-17-14/h4-9H,3H2,1-2H3,(H2,15,16,17). The van der Waals surface area contributed by atoms with Crippen molar-refractivity contribution < 1.29 is 9.66 Å². The normalized spacial score (nSPS) is 11.9. The van der Waals surface area contributed by atoms with Gasteiger partial charge >= 0.3 is 11.6 Å². The Morgan fingerprint density at radius 2 is 2.00 bits per heavy atom. The fourth-order valence-corrected chi connectivity index (χ4v) is 1.83. The summed E-state index contributed by atoms with van der Waals surface area (Å²) >= 11 is 0. The van der Waals surface area contributed by atoms with E-state index in [0.29, 0.717) is 11.7 Å². The van der Waals surface area contributed by atoms with Crippen molar-refractivity contribution in [3.05, 3.63) is 46.3 Å². The summed E-state index contributed by atoms with van der Waals surface area (Å²) in [5.74, 6) is 0.524. The third-order valence-corrected chi connectivity index (χ3v) is 3.28. The molecule has 1 aromatic carbocycles. The summed E-state index contributed by atoms with van der Waals surface area (Å²) < 4.78 is 5.45. The molecule has 110 valence electrons. The quantitative estimate of drug-likeness (QED) is 0.668. The van der Waals surface area contributed by atoms with Crippen molar-refractivity contribution in [1.29, 1.82) is 0 Å². The first-order valence-corrected chi connectivity index (χ1v) is 6.55. The van der Waals surface area contributed by atoms with Crippen LogP contribution in [0.4, 0.5) is 11.5 Å². The van der Waals surface area contributed by atoms with Gasteiger partial charge in [0.15, 0.2) is 0 Å². The fourth-order valence-electron chi connectivity index (χ4n) is 1.83. The second-order valence-electron chi connectivity index (χ2n) is 4.65. The molecule has 1 unspecified atom stereocenters. The van der Waals surface area contributed by atoms with Crippen LogP contribution >= 0.6 is 0 Å². The Hall–Kier alpha value is -2.70. The highest BCUT2D eigenvalue weighted by Crippen LogP contribution is 2.32. The van der Waals surface area contributed by atoms with Gasteiger partial charge in [0, 0.05) is 0 Å². The van der Waals surface area contributed by atoms with Crippen molar-refractivity contribution in [3.63, 3.8) is 0 Å². The zero-order chi connectivity index (χ0) is 15.4. The van der Waals surface area contributed by atoms with Gasteiger partial charge in [0.1, 0.15) is 12.1 Å². The predicted molar refractivity (Wildman–Crippen MR) is 78.3 cm³/mol. The lowest BCUT2D eigenvalue weighted by Gasteiger charge is -2.10.